The molecule has 0 spiro atoms. The summed E-state index contributed by atoms with van der Waals surface area (Å²) in [6, 6.07) is 9.46. The van der Waals surface area contributed by atoms with Crippen LogP contribution in [-0.4, -0.2) is 7.11 Å². The van der Waals surface area contributed by atoms with Gasteiger partial charge in [0.25, 0.3) is 0 Å². The first kappa shape index (κ1) is 13.3. The number of anilines is 1. The molecule has 1 aliphatic carbocycles. The molecule has 20 heavy (non-hydrogen) atoms. The molecule has 0 saturated heterocycles. The first-order chi connectivity index (χ1) is 9.67. The maximum Gasteiger partial charge on any atom is 0.167 e. The summed E-state index contributed by atoms with van der Waals surface area (Å²) >= 11 is 1.55. The van der Waals surface area contributed by atoms with Crippen molar-refractivity contribution in [3.05, 3.63) is 47.3 Å². The third kappa shape index (κ3) is 2.48. The third-order valence-electron chi connectivity index (χ3n) is 3.58. The minimum absolute atomic E-state index is 0.225. The van der Waals surface area contributed by atoms with Crippen molar-refractivity contribution in [2.45, 2.75) is 29.1 Å². The SMILES string of the molecule is COc1cc(Sc2ccc3c(c2)CCC3)c(N)cc1F. The summed E-state index contributed by atoms with van der Waals surface area (Å²) in [5.74, 6) is -0.203. The normalized spacial score (nSPS) is 13.3. The Kier molecular flexibility index (Phi) is 3.57. The molecule has 0 atom stereocenters. The lowest BCUT2D eigenvalue weighted by atomic mass is 10.1. The van der Waals surface area contributed by atoms with Crippen molar-refractivity contribution in [2.24, 2.45) is 0 Å². The van der Waals surface area contributed by atoms with Gasteiger partial charge in [0, 0.05) is 21.5 Å². The van der Waals surface area contributed by atoms with Crippen LogP contribution < -0.4 is 10.5 Å². The molecule has 2 nitrogen and oxygen atoms in total. The Hall–Kier alpha value is -1.68. The lowest BCUT2D eigenvalue weighted by Gasteiger charge is -2.10. The summed E-state index contributed by atoms with van der Waals surface area (Å²) in [5, 5.41) is 0. The van der Waals surface area contributed by atoms with Gasteiger partial charge in [-0.1, -0.05) is 17.8 Å². The summed E-state index contributed by atoms with van der Waals surface area (Å²) in [7, 11) is 1.46. The second-order valence-corrected chi connectivity index (χ2v) is 6.03. The Bertz CT molecular complexity index is 657. The zero-order valence-electron chi connectivity index (χ0n) is 11.3. The molecular weight excluding hydrogens is 273 g/mol. The van der Waals surface area contributed by atoms with Crippen LogP contribution in [0.3, 0.4) is 0 Å². The lowest BCUT2D eigenvalue weighted by molar-refractivity contribution is 0.385. The van der Waals surface area contributed by atoms with Gasteiger partial charge in [0.2, 0.25) is 0 Å². The number of nitrogen functional groups attached to an aromatic ring is 1. The fraction of sp³-hybridized carbons (Fsp3) is 0.250. The van der Waals surface area contributed by atoms with Crippen molar-refractivity contribution in [3.63, 3.8) is 0 Å². The van der Waals surface area contributed by atoms with E-state index in [1.807, 2.05) is 0 Å². The Morgan fingerprint density at radius 2 is 1.95 bits per heavy atom. The standard InChI is InChI=1S/C16H16FNOS/c1-19-15-9-16(14(18)8-13(15)17)20-12-6-5-10-3-2-4-11(10)7-12/h5-9H,2-4,18H2,1H3. The molecule has 2 aromatic rings. The van der Waals surface area contributed by atoms with Crippen LogP contribution in [0.1, 0.15) is 17.5 Å². The molecule has 2 N–H and O–H groups in total. The van der Waals surface area contributed by atoms with Crippen LogP contribution in [0.2, 0.25) is 0 Å². The van der Waals surface area contributed by atoms with Crippen molar-refractivity contribution >= 4 is 17.4 Å². The van der Waals surface area contributed by atoms with Gasteiger partial charge in [-0.05, 0) is 48.6 Å². The zero-order valence-corrected chi connectivity index (χ0v) is 12.1. The van der Waals surface area contributed by atoms with Crippen molar-refractivity contribution in [1.82, 2.24) is 0 Å². The van der Waals surface area contributed by atoms with Crippen LogP contribution in [0, 0.1) is 5.82 Å². The highest BCUT2D eigenvalue weighted by Gasteiger charge is 2.13. The van der Waals surface area contributed by atoms with Crippen LogP contribution in [0.25, 0.3) is 0 Å². The fourth-order valence-corrected chi connectivity index (χ4v) is 3.47. The number of benzene rings is 2. The predicted molar refractivity (Wildman–Crippen MR) is 80.0 cm³/mol. The number of nitrogens with two attached hydrogens (primary N) is 1. The molecule has 0 amide bonds. The molecule has 104 valence electrons. The molecule has 3 rings (SSSR count). The number of ether oxygens (including phenoxy) is 1. The average Bonchev–Trinajstić information content (AvgIpc) is 2.89. The molecule has 4 heteroatoms. The minimum Gasteiger partial charge on any atom is -0.494 e. The van der Waals surface area contributed by atoms with Crippen molar-refractivity contribution < 1.29 is 9.13 Å². The van der Waals surface area contributed by atoms with Gasteiger partial charge in [-0.15, -0.1) is 0 Å². The maximum atomic E-state index is 13.5. The van der Waals surface area contributed by atoms with E-state index in [1.54, 1.807) is 17.8 Å². The number of aryl methyl sites for hydroxylation is 2. The summed E-state index contributed by atoms with van der Waals surface area (Å²) in [6.45, 7) is 0. The number of fused-ring (bicyclic) bond motifs is 1. The molecule has 0 fully saturated rings. The number of methoxy groups -OCH3 is 1. The summed E-state index contributed by atoms with van der Waals surface area (Å²) in [5.41, 5.74) is 9.19. The predicted octanol–water partition coefficient (Wildman–Crippen LogP) is 4.06. The van der Waals surface area contributed by atoms with Crippen molar-refractivity contribution in [1.29, 1.82) is 0 Å². The van der Waals surface area contributed by atoms with Crippen LogP contribution >= 0.6 is 11.8 Å². The molecule has 0 unspecified atom stereocenters. The zero-order chi connectivity index (χ0) is 14.1. The van der Waals surface area contributed by atoms with Gasteiger partial charge in [0.15, 0.2) is 11.6 Å². The topological polar surface area (TPSA) is 35.2 Å². The molecule has 0 aliphatic heterocycles. The quantitative estimate of drug-likeness (QED) is 0.866. The van der Waals surface area contributed by atoms with Gasteiger partial charge >= 0.3 is 0 Å². The Morgan fingerprint density at radius 3 is 2.75 bits per heavy atom. The summed E-state index contributed by atoms with van der Waals surface area (Å²) < 4.78 is 18.5. The maximum absolute atomic E-state index is 13.5. The first-order valence-electron chi connectivity index (χ1n) is 6.60. The fourth-order valence-electron chi connectivity index (χ4n) is 2.53. The van der Waals surface area contributed by atoms with E-state index >= 15 is 0 Å². The van der Waals surface area contributed by atoms with E-state index in [4.69, 9.17) is 10.5 Å². The van der Waals surface area contributed by atoms with Gasteiger partial charge in [0.05, 0.1) is 7.11 Å². The van der Waals surface area contributed by atoms with E-state index in [1.165, 1.54) is 37.1 Å². The van der Waals surface area contributed by atoms with Crippen LogP contribution in [0.4, 0.5) is 10.1 Å². The van der Waals surface area contributed by atoms with E-state index in [0.29, 0.717) is 5.69 Å². The Labute approximate surface area is 122 Å². The summed E-state index contributed by atoms with van der Waals surface area (Å²) in [6.07, 6.45) is 3.55. The van der Waals surface area contributed by atoms with E-state index in [-0.39, 0.29) is 5.75 Å². The molecule has 0 heterocycles. The summed E-state index contributed by atoms with van der Waals surface area (Å²) in [4.78, 5) is 1.95. The van der Waals surface area contributed by atoms with Gasteiger partial charge in [0.1, 0.15) is 0 Å². The highest BCUT2D eigenvalue weighted by molar-refractivity contribution is 7.99. The van der Waals surface area contributed by atoms with Crippen LogP contribution in [-0.2, 0) is 12.8 Å². The van der Waals surface area contributed by atoms with E-state index in [2.05, 4.69) is 18.2 Å². The highest BCUT2D eigenvalue weighted by atomic mass is 32.2. The van der Waals surface area contributed by atoms with Crippen LogP contribution in [0.5, 0.6) is 5.75 Å². The number of hydrogen-bond donors (Lipinski definition) is 1. The number of rotatable bonds is 3. The van der Waals surface area contributed by atoms with Gasteiger partial charge in [-0.25, -0.2) is 4.39 Å². The second-order valence-electron chi connectivity index (χ2n) is 4.91. The van der Waals surface area contributed by atoms with E-state index < -0.39 is 5.82 Å². The van der Waals surface area contributed by atoms with E-state index in [9.17, 15) is 4.39 Å². The van der Waals surface area contributed by atoms with Crippen molar-refractivity contribution in [2.75, 3.05) is 12.8 Å². The molecule has 0 saturated carbocycles. The Balaban J connectivity index is 1.91. The minimum atomic E-state index is -0.427. The smallest absolute Gasteiger partial charge is 0.167 e. The molecule has 0 radical (unpaired) electrons. The lowest BCUT2D eigenvalue weighted by Crippen LogP contribution is -1.94. The van der Waals surface area contributed by atoms with Gasteiger partial charge in [-0.3, -0.25) is 0 Å². The van der Waals surface area contributed by atoms with Gasteiger partial charge in [-0.2, -0.15) is 0 Å². The largest absolute Gasteiger partial charge is 0.494 e. The van der Waals surface area contributed by atoms with Gasteiger partial charge < -0.3 is 10.5 Å². The number of halogens is 1. The molecule has 2 aromatic carbocycles. The average molecular weight is 289 g/mol. The molecule has 0 aromatic heterocycles. The first-order valence-corrected chi connectivity index (χ1v) is 7.41. The molecule has 0 bridgehead atoms. The highest BCUT2D eigenvalue weighted by Crippen LogP contribution is 2.37. The molecule has 1 aliphatic rings. The molecular formula is C16H16FNOS. The Morgan fingerprint density at radius 1 is 1.15 bits per heavy atom. The van der Waals surface area contributed by atoms with Crippen LogP contribution in [0.15, 0.2) is 40.1 Å². The monoisotopic (exact) mass is 289 g/mol. The number of hydrogen-bond acceptors (Lipinski definition) is 3. The second kappa shape index (κ2) is 5.37. The van der Waals surface area contributed by atoms with Crippen molar-refractivity contribution in [3.8, 4) is 5.75 Å². The van der Waals surface area contributed by atoms with E-state index in [0.717, 1.165) is 16.2 Å². The third-order valence-corrected chi connectivity index (χ3v) is 4.65.